The quantitative estimate of drug-likeness (QED) is 0.919. The monoisotopic (exact) mass is 303 g/mol. The number of hydrogen-bond donors (Lipinski definition) is 1. The van der Waals surface area contributed by atoms with Crippen LogP contribution in [0.4, 0.5) is 5.82 Å². The molecule has 4 nitrogen and oxygen atoms in total. The highest BCUT2D eigenvalue weighted by molar-refractivity contribution is 6.38. The molecule has 7 heteroatoms. The number of benzene rings is 1. The van der Waals surface area contributed by atoms with Gasteiger partial charge in [-0.05, 0) is 6.07 Å². The van der Waals surface area contributed by atoms with Crippen LogP contribution < -0.4 is 10.5 Å². The van der Waals surface area contributed by atoms with Crippen molar-refractivity contribution in [3.63, 3.8) is 0 Å². The number of rotatable bonds is 2. The van der Waals surface area contributed by atoms with Gasteiger partial charge in [-0.3, -0.25) is 0 Å². The van der Waals surface area contributed by atoms with E-state index in [0.717, 1.165) is 0 Å². The highest BCUT2D eigenvalue weighted by atomic mass is 35.5. The molecule has 1 heterocycles. The Labute approximate surface area is 119 Å². The minimum atomic E-state index is 0.185. The fraction of sp³-hybridized carbons (Fsp3) is 0.0909. The van der Waals surface area contributed by atoms with Crippen LogP contribution in [0.15, 0.2) is 18.5 Å². The summed E-state index contributed by atoms with van der Waals surface area (Å²) >= 11 is 18.2. The van der Waals surface area contributed by atoms with Crippen molar-refractivity contribution in [3.8, 4) is 17.0 Å². The molecule has 0 spiro atoms. The number of halogens is 3. The minimum absolute atomic E-state index is 0.185. The summed E-state index contributed by atoms with van der Waals surface area (Å²) in [5.41, 5.74) is 6.62. The third kappa shape index (κ3) is 2.32. The number of methoxy groups -OCH3 is 1. The molecule has 2 N–H and O–H groups in total. The Balaban J connectivity index is 2.64. The lowest BCUT2D eigenvalue weighted by Crippen LogP contribution is -1.96. The van der Waals surface area contributed by atoms with Crippen LogP contribution in [0.5, 0.6) is 5.75 Å². The van der Waals surface area contributed by atoms with E-state index in [1.165, 1.54) is 13.4 Å². The van der Waals surface area contributed by atoms with Crippen LogP contribution in [0.1, 0.15) is 0 Å². The summed E-state index contributed by atoms with van der Waals surface area (Å²) in [4.78, 5) is 7.84. The zero-order chi connectivity index (χ0) is 13.3. The summed E-state index contributed by atoms with van der Waals surface area (Å²) in [7, 11) is 1.51. The standard InChI is InChI=1S/C11H8Cl3N3O/c1-18-8-3-6(12)5(2-7(8)13)10-9(14)11(15)17-4-16-10/h2-4H,1H3,(H2,15,16,17). The molecule has 18 heavy (non-hydrogen) atoms. The summed E-state index contributed by atoms with van der Waals surface area (Å²) in [5, 5.41) is 1.06. The zero-order valence-corrected chi connectivity index (χ0v) is 11.5. The Morgan fingerprint density at radius 1 is 1.11 bits per heavy atom. The molecule has 0 amide bonds. The molecule has 0 bridgehead atoms. The fourth-order valence-electron chi connectivity index (χ4n) is 1.44. The Morgan fingerprint density at radius 2 is 1.83 bits per heavy atom. The number of nitrogen functional groups attached to an aromatic ring is 1. The van der Waals surface area contributed by atoms with Crippen molar-refractivity contribution >= 4 is 40.6 Å². The smallest absolute Gasteiger partial charge is 0.146 e. The number of anilines is 1. The van der Waals surface area contributed by atoms with E-state index in [4.69, 9.17) is 45.3 Å². The van der Waals surface area contributed by atoms with E-state index in [1.54, 1.807) is 12.1 Å². The van der Waals surface area contributed by atoms with Gasteiger partial charge in [0.1, 0.15) is 22.9 Å². The zero-order valence-electron chi connectivity index (χ0n) is 9.25. The number of ether oxygens (including phenoxy) is 1. The van der Waals surface area contributed by atoms with Gasteiger partial charge in [-0.25, -0.2) is 9.97 Å². The van der Waals surface area contributed by atoms with E-state index in [9.17, 15) is 0 Å². The third-order valence-corrected chi connectivity index (χ3v) is 3.29. The van der Waals surface area contributed by atoms with Crippen LogP contribution in [-0.4, -0.2) is 17.1 Å². The van der Waals surface area contributed by atoms with Gasteiger partial charge in [0.25, 0.3) is 0 Å². The third-order valence-electron chi connectivity index (χ3n) is 2.31. The van der Waals surface area contributed by atoms with Crippen molar-refractivity contribution in [1.29, 1.82) is 0 Å². The molecule has 0 saturated carbocycles. The van der Waals surface area contributed by atoms with Crippen LogP contribution in [0, 0.1) is 0 Å². The Bertz CT molecular complexity index is 604. The molecule has 0 unspecified atom stereocenters. The maximum Gasteiger partial charge on any atom is 0.146 e. The van der Waals surface area contributed by atoms with Crippen LogP contribution in [0.2, 0.25) is 15.1 Å². The van der Waals surface area contributed by atoms with Crippen molar-refractivity contribution < 1.29 is 4.74 Å². The molecule has 0 fully saturated rings. The van der Waals surface area contributed by atoms with Crippen LogP contribution in [0.3, 0.4) is 0 Å². The first-order valence-electron chi connectivity index (χ1n) is 4.84. The Morgan fingerprint density at radius 3 is 2.50 bits per heavy atom. The maximum atomic E-state index is 6.14. The van der Waals surface area contributed by atoms with Crippen molar-refractivity contribution in [1.82, 2.24) is 9.97 Å². The van der Waals surface area contributed by atoms with Gasteiger partial charge in [0.15, 0.2) is 0 Å². The highest BCUT2D eigenvalue weighted by Crippen LogP contribution is 2.39. The molecule has 0 aliphatic heterocycles. The first-order valence-corrected chi connectivity index (χ1v) is 5.97. The molecule has 1 aromatic carbocycles. The molecule has 0 aliphatic carbocycles. The van der Waals surface area contributed by atoms with E-state index < -0.39 is 0 Å². The van der Waals surface area contributed by atoms with Gasteiger partial charge in [-0.1, -0.05) is 34.8 Å². The number of nitrogens with zero attached hydrogens (tertiary/aromatic N) is 2. The number of aromatic nitrogens is 2. The second kappa shape index (κ2) is 5.18. The van der Waals surface area contributed by atoms with E-state index >= 15 is 0 Å². The minimum Gasteiger partial charge on any atom is -0.495 e. The normalized spacial score (nSPS) is 10.4. The molecule has 1 aromatic heterocycles. The van der Waals surface area contributed by atoms with Gasteiger partial charge in [0.2, 0.25) is 0 Å². The van der Waals surface area contributed by atoms with Gasteiger partial charge in [-0.2, -0.15) is 0 Å². The maximum absolute atomic E-state index is 6.14. The Hall–Kier alpha value is -1.23. The first-order chi connectivity index (χ1) is 8.54. The average molecular weight is 305 g/mol. The molecule has 0 radical (unpaired) electrons. The van der Waals surface area contributed by atoms with E-state index in [1.807, 2.05) is 0 Å². The summed E-state index contributed by atoms with van der Waals surface area (Å²) < 4.78 is 5.06. The molecule has 2 rings (SSSR count). The molecule has 0 aliphatic rings. The summed E-state index contributed by atoms with van der Waals surface area (Å²) in [6.07, 6.45) is 1.31. The second-order valence-corrected chi connectivity index (χ2v) is 4.58. The predicted octanol–water partition coefficient (Wildman–Crippen LogP) is 3.69. The lowest BCUT2D eigenvalue weighted by Gasteiger charge is -2.10. The highest BCUT2D eigenvalue weighted by Gasteiger charge is 2.15. The van der Waals surface area contributed by atoms with E-state index in [2.05, 4.69) is 9.97 Å². The van der Waals surface area contributed by atoms with Gasteiger partial charge in [0.05, 0.1) is 22.8 Å². The molecular formula is C11H8Cl3N3O. The fourth-order valence-corrected chi connectivity index (χ4v) is 2.12. The van der Waals surface area contributed by atoms with Gasteiger partial charge in [-0.15, -0.1) is 0 Å². The molecule has 0 atom stereocenters. The first kappa shape index (κ1) is 13.2. The SMILES string of the molecule is COc1cc(Cl)c(-c2ncnc(N)c2Cl)cc1Cl. The van der Waals surface area contributed by atoms with Crippen molar-refractivity contribution in [2.24, 2.45) is 0 Å². The summed E-state index contributed by atoms with van der Waals surface area (Å²) in [6, 6.07) is 3.21. The van der Waals surface area contributed by atoms with E-state index in [0.29, 0.717) is 27.1 Å². The van der Waals surface area contributed by atoms with Gasteiger partial charge in [0, 0.05) is 11.6 Å². The lowest BCUT2D eigenvalue weighted by atomic mass is 10.1. The molecule has 94 valence electrons. The Kier molecular flexibility index (Phi) is 3.80. The second-order valence-electron chi connectivity index (χ2n) is 3.39. The average Bonchev–Trinajstić information content (AvgIpc) is 2.35. The summed E-state index contributed by atoms with van der Waals surface area (Å²) in [6.45, 7) is 0. The number of hydrogen-bond acceptors (Lipinski definition) is 4. The van der Waals surface area contributed by atoms with Crippen LogP contribution >= 0.6 is 34.8 Å². The van der Waals surface area contributed by atoms with Crippen molar-refractivity contribution in [3.05, 3.63) is 33.5 Å². The van der Waals surface area contributed by atoms with Crippen LogP contribution in [0.25, 0.3) is 11.3 Å². The van der Waals surface area contributed by atoms with E-state index in [-0.39, 0.29) is 10.8 Å². The largest absolute Gasteiger partial charge is 0.495 e. The molecule has 0 saturated heterocycles. The molecule has 2 aromatic rings. The van der Waals surface area contributed by atoms with Crippen molar-refractivity contribution in [2.75, 3.05) is 12.8 Å². The lowest BCUT2D eigenvalue weighted by molar-refractivity contribution is 0.415. The topological polar surface area (TPSA) is 61.0 Å². The summed E-state index contributed by atoms with van der Waals surface area (Å²) in [5.74, 6) is 0.660. The van der Waals surface area contributed by atoms with Crippen molar-refractivity contribution in [2.45, 2.75) is 0 Å². The van der Waals surface area contributed by atoms with Crippen LogP contribution in [-0.2, 0) is 0 Å². The van der Waals surface area contributed by atoms with Gasteiger partial charge < -0.3 is 10.5 Å². The van der Waals surface area contributed by atoms with Gasteiger partial charge >= 0.3 is 0 Å². The molecular weight excluding hydrogens is 296 g/mol. The predicted molar refractivity (Wildman–Crippen MR) is 73.5 cm³/mol. The number of nitrogens with two attached hydrogens (primary N) is 1.